The molecule has 0 bridgehead atoms. The molecule has 0 aliphatic rings. The van der Waals surface area contributed by atoms with E-state index in [0.717, 1.165) is 6.07 Å². The van der Waals surface area contributed by atoms with Crippen molar-refractivity contribution in [3.05, 3.63) is 35.4 Å². The molecular formula is C11H11F2N. The maximum atomic E-state index is 12.7. The van der Waals surface area contributed by atoms with Crippen LogP contribution in [0, 0.1) is 24.0 Å². The zero-order chi connectivity index (χ0) is 10.4. The van der Waals surface area contributed by atoms with Crippen molar-refractivity contribution in [1.29, 1.82) is 0 Å². The van der Waals surface area contributed by atoms with Crippen LogP contribution in [0.4, 0.5) is 8.78 Å². The molecule has 1 nitrogen and oxygen atoms in total. The molecule has 1 N–H and O–H groups in total. The van der Waals surface area contributed by atoms with Crippen LogP contribution in [0.3, 0.4) is 0 Å². The summed E-state index contributed by atoms with van der Waals surface area (Å²) in [5, 5.41) is 3.02. The number of rotatable bonds is 4. The van der Waals surface area contributed by atoms with Crippen LogP contribution in [0.25, 0.3) is 0 Å². The molecule has 0 heterocycles. The number of terminal acetylenes is 1. The van der Waals surface area contributed by atoms with Crippen LogP contribution in [0.15, 0.2) is 18.2 Å². The lowest BCUT2D eigenvalue weighted by Crippen LogP contribution is -2.14. The number of benzene rings is 1. The number of hydrogen-bond acceptors (Lipinski definition) is 1. The Kier molecular flexibility index (Phi) is 4.09. The van der Waals surface area contributed by atoms with Crippen molar-refractivity contribution in [3.8, 4) is 12.3 Å². The first-order valence-corrected chi connectivity index (χ1v) is 4.32. The highest BCUT2D eigenvalue weighted by Gasteiger charge is 2.01. The van der Waals surface area contributed by atoms with E-state index in [0.29, 0.717) is 25.1 Å². The fraction of sp³-hybridized carbons (Fsp3) is 0.273. The maximum Gasteiger partial charge on any atom is 0.159 e. The summed E-state index contributed by atoms with van der Waals surface area (Å²) in [5.41, 5.74) is 0.709. The average Bonchev–Trinajstić information content (AvgIpc) is 2.18. The van der Waals surface area contributed by atoms with Crippen LogP contribution in [-0.2, 0) is 6.54 Å². The van der Waals surface area contributed by atoms with Gasteiger partial charge in [-0.15, -0.1) is 12.3 Å². The van der Waals surface area contributed by atoms with E-state index in [1.807, 2.05) is 0 Å². The number of nitrogens with one attached hydrogen (secondary N) is 1. The van der Waals surface area contributed by atoms with Crippen molar-refractivity contribution in [2.24, 2.45) is 0 Å². The number of halogens is 2. The van der Waals surface area contributed by atoms with E-state index in [9.17, 15) is 8.78 Å². The quantitative estimate of drug-likeness (QED) is 0.573. The SMILES string of the molecule is C#CCCNCc1ccc(F)c(F)c1. The predicted octanol–water partition coefficient (Wildman–Crippen LogP) is 2.08. The van der Waals surface area contributed by atoms with Gasteiger partial charge in [-0.3, -0.25) is 0 Å². The van der Waals surface area contributed by atoms with Crippen molar-refractivity contribution >= 4 is 0 Å². The molecule has 0 unspecified atom stereocenters. The van der Waals surface area contributed by atoms with E-state index in [1.165, 1.54) is 6.07 Å². The Bertz CT molecular complexity index is 342. The molecule has 0 fully saturated rings. The van der Waals surface area contributed by atoms with Crippen LogP contribution in [-0.4, -0.2) is 6.54 Å². The normalized spacial score (nSPS) is 9.79. The minimum Gasteiger partial charge on any atom is -0.312 e. The smallest absolute Gasteiger partial charge is 0.159 e. The van der Waals surface area contributed by atoms with Crippen molar-refractivity contribution in [2.45, 2.75) is 13.0 Å². The molecule has 74 valence electrons. The van der Waals surface area contributed by atoms with E-state index in [-0.39, 0.29) is 0 Å². The molecule has 0 aliphatic carbocycles. The molecular weight excluding hydrogens is 184 g/mol. The van der Waals surface area contributed by atoms with Crippen molar-refractivity contribution in [2.75, 3.05) is 6.54 Å². The van der Waals surface area contributed by atoms with E-state index in [1.54, 1.807) is 6.07 Å². The first kappa shape index (κ1) is 10.7. The molecule has 0 spiro atoms. The molecule has 0 saturated heterocycles. The average molecular weight is 195 g/mol. The monoisotopic (exact) mass is 195 g/mol. The van der Waals surface area contributed by atoms with Gasteiger partial charge in [-0.25, -0.2) is 8.78 Å². The van der Waals surface area contributed by atoms with Crippen molar-refractivity contribution in [1.82, 2.24) is 5.32 Å². The summed E-state index contributed by atoms with van der Waals surface area (Å²) in [6.45, 7) is 1.17. The van der Waals surface area contributed by atoms with Crippen LogP contribution in [0.1, 0.15) is 12.0 Å². The van der Waals surface area contributed by atoms with Gasteiger partial charge < -0.3 is 5.32 Å². The Morgan fingerprint density at radius 3 is 2.71 bits per heavy atom. The Labute approximate surface area is 82.1 Å². The molecule has 0 aromatic heterocycles. The topological polar surface area (TPSA) is 12.0 Å². The van der Waals surface area contributed by atoms with Crippen LogP contribution in [0.5, 0.6) is 0 Å². The lowest BCUT2D eigenvalue weighted by Gasteiger charge is -2.02. The van der Waals surface area contributed by atoms with E-state index in [2.05, 4.69) is 11.2 Å². The minimum atomic E-state index is -0.822. The molecule has 1 rings (SSSR count). The third-order valence-corrected chi connectivity index (χ3v) is 1.76. The summed E-state index contributed by atoms with van der Waals surface area (Å²) in [4.78, 5) is 0. The third-order valence-electron chi connectivity index (χ3n) is 1.76. The molecule has 0 amide bonds. The zero-order valence-corrected chi connectivity index (χ0v) is 7.69. The Balaban J connectivity index is 2.44. The van der Waals surface area contributed by atoms with Gasteiger partial charge in [0, 0.05) is 19.5 Å². The van der Waals surface area contributed by atoms with Gasteiger partial charge in [0.1, 0.15) is 0 Å². The van der Waals surface area contributed by atoms with Gasteiger partial charge in [0.05, 0.1) is 0 Å². The molecule has 0 aliphatic heterocycles. The second-order valence-electron chi connectivity index (χ2n) is 2.88. The predicted molar refractivity (Wildman–Crippen MR) is 51.5 cm³/mol. The maximum absolute atomic E-state index is 12.7. The minimum absolute atomic E-state index is 0.499. The third kappa shape index (κ3) is 3.15. The summed E-state index contributed by atoms with van der Waals surface area (Å²) in [6, 6.07) is 3.84. The lowest BCUT2D eigenvalue weighted by molar-refractivity contribution is 0.506. The van der Waals surface area contributed by atoms with Gasteiger partial charge in [-0.05, 0) is 17.7 Å². The van der Waals surface area contributed by atoms with Gasteiger partial charge in [0.25, 0.3) is 0 Å². The summed E-state index contributed by atoms with van der Waals surface area (Å²) in [6.07, 6.45) is 5.68. The van der Waals surface area contributed by atoms with E-state index < -0.39 is 11.6 Å². The Hall–Kier alpha value is -1.40. The van der Waals surface area contributed by atoms with Crippen LogP contribution >= 0.6 is 0 Å². The summed E-state index contributed by atoms with van der Waals surface area (Å²) in [5.74, 6) is 0.838. The molecule has 0 atom stereocenters. The highest BCUT2D eigenvalue weighted by Crippen LogP contribution is 2.08. The highest BCUT2D eigenvalue weighted by atomic mass is 19.2. The van der Waals surface area contributed by atoms with E-state index in [4.69, 9.17) is 6.42 Å². The van der Waals surface area contributed by atoms with Gasteiger partial charge in [-0.1, -0.05) is 6.07 Å². The van der Waals surface area contributed by atoms with Crippen molar-refractivity contribution in [3.63, 3.8) is 0 Å². The van der Waals surface area contributed by atoms with Crippen LogP contribution in [0.2, 0.25) is 0 Å². The summed E-state index contributed by atoms with van der Waals surface area (Å²) >= 11 is 0. The number of hydrogen-bond donors (Lipinski definition) is 1. The van der Waals surface area contributed by atoms with Gasteiger partial charge in [0.2, 0.25) is 0 Å². The van der Waals surface area contributed by atoms with Crippen molar-refractivity contribution < 1.29 is 8.78 Å². The highest BCUT2D eigenvalue weighted by molar-refractivity contribution is 5.17. The zero-order valence-electron chi connectivity index (χ0n) is 7.69. The first-order valence-electron chi connectivity index (χ1n) is 4.32. The molecule has 1 aromatic rings. The summed E-state index contributed by atoms with van der Waals surface area (Å²) in [7, 11) is 0. The Morgan fingerprint density at radius 2 is 2.07 bits per heavy atom. The molecule has 0 saturated carbocycles. The standard InChI is InChI=1S/C11H11F2N/c1-2-3-6-14-8-9-4-5-10(12)11(13)7-9/h1,4-5,7,14H,3,6,8H2. The van der Waals surface area contributed by atoms with Gasteiger partial charge in [-0.2, -0.15) is 0 Å². The lowest BCUT2D eigenvalue weighted by atomic mass is 10.2. The largest absolute Gasteiger partial charge is 0.312 e. The summed E-state index contributed by atoms with van der Waals surface area (Å²) < 4.78 is 25.2. The van der Waals surface area contributed by atoms with Crippen LogP contribution < -0.4 is 5.32 Å². The molecule has 1 aromatic carbocycles. The second kappa shape index (κ2) is 5.36. The fourth-order valence-corrected chi connectivity index (χ4v) is 1.04. The van der Waals surface area contributed by atoms with E-state index >= 15 is 0 Å². The molecule has 14 heavy (non-hydrogen) atoms. The fourth-order valence-electron chi connectivity index (χ4n) is 1.04. The Morgan fingerprint density at radius 1 is 1.29 bits per heavy atom. The van der Waals surface area contributed by atoms with Gasteiger partial charge in [0.15, 0.2) is 11.6 Å². The molecule has 3 heteroatoms. The molecule has 0 radical (unpaired) electrons. The second-order valence-corrected chi connectivity index (χ2v) is 2.88. The van der Waals surface area contributed by atoms with Gasteiger partial charge >= 0.3 is 0 Å². The first-order chi connectivity index (χ1) is 6.74.